The molecular formula is C14H22N2OS. The fourth-order valence-corrected chi connectivity index (χ4v) is 3.22. The number of hydrogen-bond donors (Lipinski definition) is 1. The summed E-state index contributed by atoms with van der Waals surface area (Å²) in [5.41, 5.74) is 0. The highest BCUT2D eigenvalue weighted by molar-refractivity contribution is 7.10. The van der Waals surface area contributed by atoms with Crippen LogP contribution in [0.25, 0.3) is 0 Å². The van der Waals surface area contributed by atoms with Gasteiger partial charge in [-0.2, -0.15) is 0 Å². The molecule has 1 fully saturated rings. The molecule has 0 bridgehead atoms. The second-order valence-electron chi connectivity index (χ2n) is 4.81. The van der Waals surface area contributed by atoms with Gasteiger partial charge in [-0.15, -0.1) is 11.3 Å². The first-order valence-corrected chi connectivity index (χ1v) is 7.75. The molecule has 2 unspecified atom stereocenters. The number of nitrogens with zero attached hydrogens (tertiary/aromatic N) is 1. The van der Waals surface area contributed by atoms with Crippen molar-refractivity contribution in [2.75, 3.05) is 6.54 Å². The normalized spacial score (nSPS) is 23.9. The SMILES string of the molecule is CCCCN1C(=O)C(CCC)NC1c1cccs1. The number of carbonyl (C=O) groups is 1. The van der Waals surface area contributed by atoms with E-state index in [0.717, 1.165) is 32.2 Å². The van der Waals surface area contributed by atoms with Crippen LogP contribution in [-0.4, -0.2) is 23.4 Å². The molecule has 1 saturated heterocycles. The van der Waals surface area contributed by atoms with Crippen LogP contribution in [0.5, 0.6) is 0 Å². The number of carbonyl (C=O) groups excluding carboxylic acids is 1. The van der Waals surface area contributed by atoms with E-state index < -0.39 is 0 Å². The monoisotopic (exact) mass is 266 g/mol. The van der Waals surface area contributed by atoms with Gasteiger partial charge < -0.3 is 4.90 Å². The van der Waals surface area contributed by atoms with Crippen LogP contribution in [0.2, 0.25) is 0 Å². The third kappa shape index (κ3) is 2.75. The Morgan fingerprint density at radius 3 is 2.83 bits per heavy atom. The lowest BCUT2D eigenvalue weighted by molar-refractivity contribution is -0.130. The summed E-state index contributed by atoms with van der Waals surface area (Å²) in [5, 5.41) is 5.57. The molecule has 18 heavy (non-hydrogen) atoms. The Kier molecular flexibility index (Phi) is 4.78. The van der Waals surface area contributed by atoms with Gasteiger partial charge in [0, 0.05) is 11.4 Å². The minimum absolute atomic E-state index is 0.0129. The van der Waals surface area contributed by atoms with Gasteiger partial charge in [0.1, 0.15) is 6.17 Å². The van der Waals surface area contributed by atoms with E-state index in [4.69, 9.17) is 0 Å². The molecule has 1 aromatic heterocycles. The van der Waals surface area contributed by atoms with Crippen molar-refractivity contribution in [2.45, 2.75) is 51.7 Å². The maximum absolute atomic E-state index is 12.4. The van der Waals surface area contributed by atoms with Crippen molar-refractivity contribution in [1.82, 2.24) is 10.2 Å². The molecule has 3 nitrogen and oxygen atoms in total. The van der Waals surface area contributed by atoms with Gasteiger partial charge in [-0.05, 0) is 24.3 Å². The molecule has 4 heteroatoms. The second-order valence-corrected chi connectivity index (χ2v) is 5.79. The van der Waals surface area contributed by atoms with E-state index in [0.29, 0.717) is 0 Å². The molecule has 100 valence electrons. The Labute approximate surface area is 113 Å². The standard InChI is InChI=1S/C14H22N2OS/c1-3-5-9-16-13(12-8-6-10-18-12)15-11(7-4-2)14(16)17/h6,8,10-11,13,15H,3-5,7,9H2,1-2H3. The smallest absolute Gasteiger partial charge is 0.241 e. The van der Waals surface area contributed by atoms with Crippen LogP contribution in [0.15, 0.2) is 17.5 Å². The summed E-state index contributed by atoms with van der Waals surface area (Å²) in [6, 6.07) is 4.18. The zero-order valence-electron chi connectivity index (χ0n) is 11.2. The minimum atomic E-state index is 0.0129. The predicted octanol–water partition coefficient (Wildman–Crippen LogP) is 3.15. The predicted molar refractivity (Wildman–Crippen MR) is 75.5 cm³/mol. The van der Waals surface area contributed by atoms with Crippen molar-refractivity contribution in [3.8, 4) is 0 Å². The molecule has 2 heterocycles. The highest BCUT2D eigenvalue weighted by Gasteiger charge is 2.38. The van der Waals surface area contributed by atoms with Crippen LogP contribution < -0.4 is 5.32 Å². The Hall–Kier alpha value is -0.870. The molecular weight excluding hydrogens is 244 g/mol. The van der Waals surface area contributed by atoms with E-state index in [-0.39, 0.29) is 18.1 Å². The summed E-state index contributed by atoms with van der Waals surface area (Å²) in [6.45, 7) is 5.16. The van der Waals surface area contributed by atoms with Gasteiger partial charge in [0.25, 0.3) is 0 Å². The summed E-state index contributed by atoms with van der Waals surface area (Å²) < 4.78 is 0. The van der Waals surface area contributed by atoms with Crippen molar-refractivity contribution in [3.05, 3.63) is 22.4 Å². The summed E-state index contributed by atoms with van der Waals surface area (Å²) in [7, 11) is 0. The Morgan fingerprint density at radius 2 is 2.22 bits per heavy atom. The number of amides is 1. The largest absolute Gasteiger partial charge is 0.321 e. The second kappa shape index (κ2) is 6.34. The number of nitrogens with one attached hydrogen (secondary N) is 1. The maximum atomic E-state index is 12.4. The van der Waals surface area contributed by atoms with Gasteiger partial charge in [-0.3, -0.25) is 10.1 Å². The van der Waals surface area contributed by atoms with E-state index in [1.54, 1.807) is 11.3 Å². The molecule has 1 aliphatic rings. The molecule has 1 aliphatic heterocycles. The molecule has 1 N–H and O–H groups in total. The van der Waals surface area contributed by atoms with E-state index in [1.807, 2.05) is 4.90 Å². The Balaban J connectivity index is 2.12. The number of rotatable bonds is 6. The van der Waals surface area contributed by atoms with Gasteiger partial charge in [0.05, 0.1) is 6.04 Å². The van der Waals surface area contributed by atoms with Crippen LogP contribution in [0.3, 0.4) is 0 Å². The van der Waals surface area contributed by atoms with Crippen LogP contribution in [0, 0.1) is 0 Å². The van der Waals surface area contributed by atoms with Crippen LogP contribution >= 0.6 is 11.3 Å². The fraction of sp³-hybridized carbons (Fsp3) is 0.643. The van der Waals surface area contributed by atoms with Gasteiger partial charge in [-0.25, -0.2) is 0 Å². The molecule has 0 aromatic carbocycles. The lowest BCUT2D eigenvalue weighted by atomic mass is 10.1. The number of unbranched alkanes of at least 4 members (excludes halogenated alkanes) is 1. The van der Waals surface area contributed by atoms with E-state index in [1.165, 1.54) is 4.88 Å². The lowest BCUT2D eigenvalue weighted by Crippen LogP contribution is -2.31. The van der Waals surface area contributed by atoms with E-state index in [9.17, 15) is 4.79 Å². The fourth-order valence-electron chi connectivity index (χ4n) is 2.43. The zero-order chi connectivity index (χ0) is 13.0. The lowest BCUT2D eigenvalue weighted by Gasteiger charge is -2.23. The Bertz CT molecular complexity index is 377. The van der Waals surface area contributed by atoms with Gasteiger partial charge >= 0.3 is 0 Å². The molecule has 1 amide bonds. The summed E-state index contributed by atoms with van der Waals surface area (Å²) in [4.78, 5) is 15.6. The molecule has 2 atom stereocenters. The quantitative estimate of drug-likeness (QED) is 0.858. The molecule has 0 radical (unpaired) electrons. The van der Waals surface area contributed by atoms with Crippen molar-refractivity contribution >= 4 is 17.2 Å². The molecule has 0 saturated carbocycles. The van der Waals surface area contributed by atoms with Crippen molar-refractivity contribution in [3.63, 3.8) is 0 Å². The highest BCUT2D eigenvalue weighted by Crippen LogP contribution is 2.30. The van der Waals surface area contributed by atoms with Gasteiger partial charge in [0.2, 0.25) is 5.91 Å². The first-order chi connectivity index (χ1) is 8.77. The van der Waals surface area contributed by atoms with Crippen LogP contribution in [0.1, 0.15) is 50.6 Å². The van der Waals surface area contributed by atoms with Gasteiger partial charge in [-0.1, -0.05) is 32.8 Å². The minimum Gasteiger partial charge on any atom is -0.321 e. The molecule has 0 spiro atoms. The highest BCUT2D eigenvalue weighted by atomic mass is 32.1. The first kappa shape index (κ1) is 13.6. The van der Waals surface area contributed by atoms with Crippen molar-refractivity contribution in [1.29, 1.82) is 0 Å². The molecule has 1 aromatic rings. The van der Waals surface area contributed by atoms with Crippen molar-refractivity contribution < 1.29 is 4.79 Å². The summed E-state index contributed by atoms with van der Waals surface area (Å²) in [5.74, 6) is 0.281. The topological polar surface area (TPSA) is 32.3 Å². The van der Waals surface area contributed by atoms with E-state index in [2.05, 4.69) is 36.7 Å². The summed E-state index contributed by atoms with van der Waals surface area (Å²) >= 11 is 1.72. The van der Waals surface area contributed by atoms with Crippen LogP contribution in [0.4, 0.5) is 0 Å². The molecule has 0 aliphatic carbocycles. The van der Waals surface area contributed by atoms with E-state index >= 15 is 0 Å². The first-order valence-electron chi connectivity index (χ1n) is 6.87. The third-order valence-electron chi connectivity index (χ3n) is 3.39. The maximum Gasteiger partial charge on any atom is 0.241 e. The zero-order valence-corrected chi connectivity index (χ0v) is 12.0. The van der Waals surface area contributed by atoms with Gasteiger partial charge in [0.15, 0.2) is 0 Å². The van der Waals surface area contributed by atoms with Crippen molar-refractivity contribution in [2.24, 2.45) is 0 Å². The average Bonchev–Trinajstić information content (AvgIpc) is 2.97. The number of thiophene rings is 1. The summed E-state index contributed by atoms with van der Waals surface area (Å²) in [6.07, 6.45) is 4.28. The Morgan fingerprint density at radius 1 is 1.39 bits per heavy atom. The molecule has 2 rings (SSSR count). The number of hydrogen-bond acceptors (Lipinski definition) is 3. The third-order valence-corrected chi connectivity index (χ3v) is 4.32. The van der Waals surface area contributed by atoms with Crippen LogP contribution in [-0.2, 0) is 4.79 Å². The average molecular weight is 266 g/mol.